The molecule has 8 heteroatoms. The molecular formula is C46H44BF4IrP2-. The maximum absolute atomic E-state index is 9.75. The first-order valence-electron chi connectivity index (χ1n) is 17.5. The van der Waals surface area contributed by atoms with Crippen molar-refractivity contribution >= 4 is 54.9 Å². The van der Waals surface area contributed by atoms with Gasteiger partial charge in [-0.1, -0.05) is 207 Å². The average Bonchev–Trinajstić information content (AvgIpc) is 3.18. The fraction of sp³-hybridized carbons (Fsp3) is 0.0870. The van der Waals surface area contributed by atoms with Crippen LogP contribution in [0.3, 0.4) is 0 Å². The normalized spacial score (nSPS) is 10.4. The molecule has 0 fully saturated rings. The molecule has 0 aliphatic heterocycles. The summed E-state index contributed by atoms with van der Waals surface area (Å²) in [6, 6.07) is 71.1. The van der Waals surface area contributed by atoms with Crippen LogP contribution in [0.5, 0.6) is 0 Å². The molecule has 0 spiro atoms. The van der Waals surface area contributed by atoms with Crippen LogP contribution >= 0.6 is 15.8 Å². The molecule has 7 aromatic rings. The van der Waals surface area contributed by atoms with Gasteiger partial charge in [-0.2, -0.15) is 0 Å². The van der Waals surface area contributed by atoms with E-state index in [2.05, 4.69) is 221 Å². The molecule has 0 atom stereocenters. The van der Waals surface area contributed by atoms with Gasteiger partial charge in [-0.05, 0) is 84.6 Å². The molecule has 279 valence electrons. The second kappa shape index (κ2) is 23.6. The summed E-state index contributed by atoms with van der Waals surface area (Å²) in [7, 11) is -6.89. The molecule has 0 saturated carbocycles. The van der Waals surface area contributed by atoms with Crippen molar-refractivity contribution in [2.45, 2.75) is 27.2 Å². The van der Waals surface area contributed by atoms with E-state index in [1.54, 1.807) is 0 Å². The molecule has 0 N–H and O–H groups in total. The van der Waals surface area contributed by atoms with Crippen LogP contribution in [0, 0.1) is 13.8 Å². The molecule has 0 unspecified atom stereocenters. The van der Waals surface area contributed by atoms with Crippen LogP contribution < -0.4 is 31.8 Å². The molecule has 0 amide bonds. The first-order valence-corrected chi connectivity index (χ1v) is 20.2. The van der Waals surface area contributed by atoms with Gasteiger partial charge >= 0.3 is 7.25 Å². The molecule has 54 heavy (non-hydrogen) atoms. The predicted molar refractivity (Wildman–Crippen MR) is 226 cm³/mol. The van der Waals surface area contributed by atoms with Crippen molar-refractivity contribution in [3.63, 3.8) is 0 Å². The molecule has 7 aromatic carbocycles. The van der Waals surface area contributed by atoms with Crippen LogP contribution in [-0.4, -0.2) is 7.25 Å². The first kappa shape index (κ1) is 44.2. The summed E-state index contributed by atoms with van der Waals surface area (Å²) < 4.78 is 39.0. The van der Waals surface area contributed by atoms with Crippen molar-refractivity contribution in [3.05, 3.63) is 217 Å². The van der Waals surface area contributed by atoms with Crippen LogP contribution in [0.25, 0.3) is 0 Å². The van der Waals surface area contributed by atoms with Crippen LogP contribution in [0.4, 0.5) is 17.3 Å². The predicted octanol–water partition coefficient (Wildman–Crippen LogP) is 11.1. The third-order valence-electron chi connectivity index (χ3n) is 8.08. The Bertz CT molecular complexity index is 1690. The van der Waals surface area contributed by atoms with Gasteiger partial charge in [0.15, 0.2) is 0 Å². The second-order valence-electron chi connectivity index (χ2n) is 11.9. The van der Waals surface area contributed by atoms with Crippen molar-refractivity contribution in [1.82, 2.24) is 0 Å². The van der Waals surface area contributed by atoms with Gasteiger partial charge < -0.3 is 17.3 Å². The average molecular weight is 938 g/mol. The SMILES string of the molecule is CCc1c(C)cccc1C.F[B-](F)(F)F.[Ir].c1ccc(P(c2ccccc2)c2ccccc2)cc1.c1ccc(P(c2ccccc2)c2ccccc2)cc1. The van der Waals surface area contributed by atoms with E-state index in [0.29, 0.717) is 0 Å². The maximum Gasteiger partial charge on any atom is 0.673 e. The summed E-state index contributed by atoms with van der Waals surface area (Å²) in [5.74, 6) is 0. The fourth-order valence-corrected chi connectivity index (χ4v) is 10.4. The third kappa shape index (κ3) is 14.9. The van der Waals surface area contributed by atoms with Crippen molar-refractivity contribution in [1.29, 1.82) is 0 Å². The summed E-state index contributed by atoms with van der Waals surface area (Å²) >= 11 is 0. The zero-order valence-electron chi connectivity index (χ0n) is 30.6. The molecule has 0 aromatic heterocycles. The molecule has 0 aliphatic rings. The van der Waals surface area contributed by atoms with Crippen molar-refractivity contribution < 1.29 is 37.4 Å². The van der Waals surface area contributed by atoms with Crippen LogP contribution in [0.15, 0.2) is 200 Å². The minimum atomic E-state index is -6.00. The zero-order valence-corrected chi connectivity index (χ0v) is 34.8. The largest absolute Gasteiger partial charge is 0.673 e. The molecular weight excluding hydrogens is 893 g/mol. The van der Waals surface area contributed by atoms with E-state index in [4.69, 9.17) is 0 Å². The number of hydrogen-bond acceptors (Lipinski definition) is 0. The zero-order chi connectivity index (χ0) is 37.9. The Hall–Kier alpha value is -4.17. The van der Waals surface area contributed by atoms with E-state index in [1.807, 2.05) is 0 Å². The Labute approximate surface area is 334 Å². The summed E-state index contributed by atoms with van der Waals surface area (Å²) in [4.78, 5) is 0. The molecule has 0 aliphatic carbocycles. The van der Waals surface area contributed by atoms with Crippen molar-refractivity contribution in [2.24, 2.45) is 0 Å². The number of aryl methyl sites for hydroxylation is 2. The summed E-state index contributed by atoms with van der Waals surface area (Å²) in [5, 5.41) is 8.39. The van der Waals surface area contributed by atoms with Gasteiger partial charge in [0.1, 0.15) is 0 Å². The summed E-state index contributed by atoms with van der Waals surface area (Å²) in [5.41, 5.74) is 4.34. The van der Waals surface area contributed by atoms with E-state index in [-0.39, 0.29) is 20.1 Å². The van der Waals surface area contributed by atoms with Crippen LogP contribution in [0.2, 0.25) is 0 Å². The van der Waals surface area contributed by atoms with Gasteiger partial charge in [0.05, 0.1) is 0 Å². The monoisotopic (exact) mass is 938 g/mol. The second-order valence-corrected chi connectivity index (χ2v) is 16.3. The van der Waals surface area contributed by atoms with E-state index < -0.39 is 23.1 Å². The fourth-order valence-electron chi connectivity index (χ4n) is 5.76. The Balaban J connectivity index is 0.000000211. The number of hydrogen-bond donors (Lipinski definition) is 0. The quantitative estimate of drug-likeness (QED) is 0.0849. The topological polar surface area (TPSA) is 0 Å². The van der Waals surface area contributed by atoms with Gasteiger partial charge in [-0.15, -0.1) is 0 Å². The summed E-state index contributed by atoms with van der Waals surface area (Å²) in [6.45, 7) is 6.55. The van der Waals surface area contributed by atoms with Gasteiger partial charge in [-0.3, -0.25) is 0 Å². The molecule has 0 nitrogen and oxygen atoms in total. The Morgan fingerprint density at radius 1 is 0.352 bits per heavy atom. The minimum absolute atomic E-state index is 0. The van der Waals surface area contributed by atoms with Gasteiger partial charge in [0, 0.05) is 20.1 Å². The Morgan fingerprint density at radius 3 is 0.685 bits per heavy atom. The van der Waals surface area contributed by atoms with Gasteiger partial charge in [0.25, 0.3) is 0 Å². The van der Waals surface area contributed by atoms with Crippen LogP contribution in [0.1, 0.15) is 23.6 Å². The number of halogens is 4. The summed E-state index contributed by atoms with van der Waals surface area (Å²) in [6.07, 6.45) is 1.15. The van der Waals surface area contributed by atoms with Gasteiger partial charge in [0.2, 0.25) is 0 Å². The first-order chi connectivity index (χ1) is 25.7. The molecule has 0 bridgehead atoms. The van der Waals surface area contributed by atoms with Crippen molar-refractivity contribution in [3.8, 4) is 0 Å². The molecule has 0 saturated heterocycles. The number of benzene rings is 7. The third-order valence-corrected chi connectivity index (χ3v) is 13.0. The van der Waals surface area contributed by atoms with Gasteiger partial charge in [-0.25, -0.2) is 0 Å². The standard InChI is InChI=1S/2C18H15P.C10H14.BF4.Ir/c2*1-4-10-16(11-5-1)19(17-12-6-2-7-13-17)18-14-8-3-9-15-18;1-4-10-8(2)6-5-7-9(10)3;2-1(3,4)5;/h2*1-15H;5-7H,4H2,1-3H3;;/q;;;-1;. The molecule has 1 radical (unpaired) electrons. The minimum Gasteiger partial charge on any atom is -0.418 e. The van der Waals surface area contributed by atoms with Crippen molar-refractivity contribution in [2.75, 3.05) is 0 Å². The Morgan fingerprint density at radius 2 is 0.537 bits per heavy atom. The maximum atomic E-state index is 9.75. The van der Waals surface area contributed by atoms with E-state index in [9.17, 15) is 17.3 Å². The van der Waals surface area contributed by atoms with E-state index in [0.717, 1.165) is 6.42 Å². The number of rotatable bonds is 7. The molecule has 0 heterocycles. The Kier molecular flexibility index (Phi) is 19.3. The van der Waals surface area contributed by atoms with E-state index >= 15 is 0 Å². The van der Waals surface area contributed by atoms with E-state index in [1.165, 1.54) is 48.5 Å². The smallest absolute Gasteiger partial charge is 0.418 e. The van der Waals surface area contributed by atoms with Crippen LogP contribution in [-0.2, 0) is 26.5 Å². The molecule has 7 rings (SSSR count).